The fourth-order valence-electron chi connectivity index (χ4n) is 2.06. The Morgan fingerprint density at radius 2 is 1.86 bits per heavy atom. The number of amides is 1. The first-order valence-corrected chi connectivity index (χ1v) is 6.27. The van der Waals surface area contributed by atoms with Crippen LogP contribution in [-0.4, -0.2) is 40.1 Å². The monoisotopic (exact) mass is 293 g/mol. The lowest BCUT2D eigenvalue weighted by Gasteiger charge is -2.13. The quantitative estimate of drug-likeness (QED) is 0.435. The van der Waals surface area contributed by atoms with Crippen molar-refractivity contribution in [2.45, 2.75) is 12.0 Å². The van der Waals surface area contributed by atoms with Gasteiger partial charge in [-0.15, -0.1) is 0 Å². The number of para-hydroxylation sites is 1. The van der Waals surface area contributed by atoms with Gasteiger partial charge in [-0.25, -0.2) is 0 Å². The highest BCUT2D eigenvalue weighted by molar-refractivity contribution is 5.96. The molecule has 1 amide bonds. The average molecular weight is 293 g/mol. The molecule has 0 saturated heterocycles. The van der Waals surface area contributed by atoms with E-state index in [0.29, 0.717) is 5.69 Å². The molecule has 8 nitrogen and oxygen atoms in total. The third-order valence-electron chi connectivity index (χ3n) is 3.32. The number of carboxylic acid groups (broad SMARTS) is 2. The van der Waals surface area contributed by atoms with Gasteiger partial charge in [0.2, 0.25) is 5.91 Å². The van der Waals surface area contributed by atoms with Gasteiger partial charge in [0.25, 0.3) is 0 Å². The number of anilines is 1. The zero-order chi connectivity index (χ0) is 15.5. The predicted octanol–water partition coefficient (Wildman–Crippen LogP) is -0.353. The Hall–Kier alpha value is -2.61. The summed E-state index contributed by atoms with van der Waals surface area (Å²) < 4.78 is 0. The lowest BCUT2D eigenvalue weighted by Crippen LogP contribution is -2.46. The second kappa shape index (κ2) is 5.80. The van der Waals surface area contributed by atoms with Crippen LogP contribution in [0.5, 0.6) is 0 Å². The van der Waals surface area contributed by atoms with E-state index in [4.69, 9.17) is 10.2 Å². The molecular weight excluding hydrogens is 278 g/mol. The third kappa shape index (κ3) is 3.29. The van der Waals surface area contributed by atoms with E-state index in [1.807, 2.05) is 6.07 Å². The molecule has 112 valence electrons. The largest absolute Gasteiger partial charge is 0.480 e. The van der Waals surface area contributed by atoms with Crippen LogP contribution >= 0.6 is 0 Å². The van der Waals surface area contributed by atoms with Crippen molar-refractivity contribution < 1.29 is 24.6 Å². The number of hydrogen-bond acceptors (Lipinski definition) is 5. The summed E-state index contributed by atoms with van der Waals surface area (Å²) in [5.74, 6) is -3.72. The first kappa shape index (κ1) is 14.8. The number of hydrogen-bond donors (Lipinski definition) is 5. The number of carbonyl (C=O) groups excluding carboxylic acids is 1. The van der Waals surface area contributed by atoms with Gasteiger partial charge in [-0.05, 0) is 18.6 Å². The molecule has 0 heterocycles. The molecule has 2 unspecified atom stereocenters. The summed E-state index contributed by atoms with van der Waals surface area (Å²) in [6.07, 6.45) is 0.0535. The Labute approximate surface area is 120 Å². The van der Waals surface area contributed by atoms with E-state index in [9.17, 15) is 14.4 Å². The van der Waals surface area contributed by atoms with Gasteiger partial charge in [-0.1, -0.05) is 18.2 Å². The van der Waals surface area contributed by atoms with Crippen molar-refractivity contribution in [1.82, 2.24) is 10.7 Å². The molecule has 5 N–H and O–H groups in total. The van der Waals surface area contributed by atoms with Crippen LogP contribution < -0.4 is 16.2 Å². The highest BCUT2D eigenvalue weighted by Gasteiger charge is 2.64. The van der Waals surface area contributed by atoms with Crippen molar-refractivity contribution in [3.05, 3.63) is 30.3 Å². The molecule has 21 heavy (non-hydrogen) atoms. The van der Waals surface area contributed by atoms with Crippen LogP contribution in [0.1, 0.15) is 6.42 Å². The van der Waals surface area contributed by atoms with E-state index in [-0.39, 0.29) is 6.42 Å². The molecule has 8 heteroatoms. The van der Waals surface area contributed by atoms with Gasteiger partial charge in [0, 0.05) is 0 Å². The summed E-state index contributed by atoms with van der Waals surface area (Å²) in [7, 11) is 0. The van der Waals surface area contributed by atoms with Crippen molar-refractivity contribution in [2.75, 3.05) is 12.0 Å². The van der Waals surface area contributed by atoms with E-state index >= 15 is 0 Å². The molecule has 0 bridgehead atoms. The Balaban J connectivity index is 1.91. The van der Waals surface area contributed by atoms with Gasteiger partial charge in [0.05, 0.1) is 18.2 Å². The normalized spacial score (nSPS) is 23.1. The highest BCUT2D eigenvalue weighted by Crippen LogP contribution is 2.43. The lowest BCUT2D eigenvalue weighted by atomic mass is 10.2. The fraction of sp³-hybridized carbons (Fsp3) is 0.308. The minimum absolute atomic E-state index is 0.0535. The Kier molecular flexibility index (Phi) is 4.08. The molecule has 1 aromatic rings. The standard InChI is InChI=1S/C13H15N3O5/c17-10(18)7-14-13(12(20)21)6-9(13)11(19)16-15-8-4-2-1-3-5-8/h1-5,9,14-15H,6-7H2,(H,16,19)(H,17,18)(H,20,21). The molecule has 2 rings (SSSR count). The van der Waals surface area contributed by atoms with Crippen LogP contribution in [0.15, 0.2) is 30.3 Å². The molecule has 0 radical (unpaired) electrons. The number of aliphatic carboxylic acids is 2. The number of rotatable bonds is 7. The summed E-state index contributed by atoms with van der Waals surface area (Å²) in [5, 5.41) is 20.2. The third-order valence-corrected chi connectivity index (χ3v) is 3.32. The zero-order valence-electron chi connectivity index (χ0n) is 11.0. The maximum absolute atomic E-state index is 11.9. The van der Waals surface area contributed by atoms with Crippen LogP contribution in [0.2, 0.25) is 0 Å². The predicted molar refractivity (Wildman–Crippen MR) is 72.3 cm³/mol. The first-order valence-electron chi connectivity index (χ1n) is 6.27. The van der Waals surface area contributed by atoms with Gasteiger partial charge in [-0.3, -0.25) is 30.6 Å². The summed E-state index contributed by atoms with van der Waals surface area (Å²) in [6.45, 7) is -0.512. The Bertz CT molecular complexity index is 562. The van der Waals surface area contributed by atoms with Crippen molar-refractivity contribution in [2.24, 2.45) is 5.92 Å². The molecule has 2 atom stereocenters. The first-order chi connectivity index (χ1) is 9.95. The summed E-state index contributed by atoms with van der Waals surface area (Å²) in [4.78, 5) is 33.7. The average Bonchev–Trinajstić information content (AvgIpc) is 3.20. The Morgan fingerprint density at radius 3 is 2.43 bits per heavy atom. The summed E-state index contributed by atoms with van der Waals surface area (Å²) in [6, 6.07) is 8.85. The van der Waals surface area contributed by atoms with Crippen LogP contribution in [-0.2, 0) is 14.4 Å². The van der Waals surface area contributed by atoms with Crippen LogP contribution in [0.25, 0.3) is 0 Å². The van der Waals surface area contributed by atoms with Crippen molar-refractivity contribution >= 4 is 23.5 Å². The van der Waals surface area contributed by atoms with Crippen molar-refractivity contribution in [1.29, 1.82) is 0 Å². The molecular formula is C13H15N3O5. The highest BCUT2D eigenvalue weighted by atomic mass is 16.4. The summed E-state index contributed by atoms with van der Waals surface area (Å²) in [5.41, 5.74) is 4.25. The minimum Gasteiger partial charge on any atom is -0.480 e. The molecule has 1 saturated carbocycles. The lowest BCUT2D eigenvalue weighted by molar-refractivity contribution is -0.143. The number of benzene rings is 1. The summed E-state index contributed by atoms with van der Waals surface area (Å²) >= 11 is 0. The van der Waals surface area contributed by atoms with E-state index in [0.717, 1.165) is 0 Å². The van der Waals surface area contributed by atoms with Gasteiger partial charge < -0.3 is 10.2 Å². The van der Waals surface area contributed by atoms with E-state index in [1.165, 1.54) is 0 Å². The maximum atomic E-state index is 11.9. The number of carbonyl (C=O) groups is 3. The van der Waals surface area contributed by atoms with Gasteiger partial charge >= 0.3 is 11.9 Å². The fourth-order valence-corrected chi connectivity index (χ4v) is 2.06. The van der Waals surface area contributed by atoms with Gasteiger partial charge in [0.15, 0.2) is 0 Å². The molecule has 1 aliphatic carbocycles. The van der Waals surface area contributed by atoms with E-state index in [1.54, 1.807) is 24.3 Å². The van der Waals surface area contributed by atoms with Crippen LogP contribution in [0.3, 0.4) is 0 Å². The molecule has 0 aromatic heterocycles. The minimum atomic E-state index is -1.50. The van der Waals surface area contributed by atoms with E-state index in [2.05, 4.69) is 16.2 Å². The molecule has 0 aliphatic heterocycles. The number of carboxylic acids is 2. The second-order valence-corrected chi connectivity index (χ2v) is 4.76. The smallest absolute Gasteiger partial charge is 0.324 e. The Morgan fingerprint density at radius 1 is 1.19 bits per heavy atom. The van der Waals surface area contributed by atoms with Crippen molar-refractivity contribution in [3.63, 3.8) is 0 Å². The van der Waals surface area contributed by atoms with E-state index < -0.39 is 35.8 Å². The van der Waals surface area contributed by atoms with Gasteiger partial charge in [0.1, 0.15) is 5.54 Å². The van der Waals surface area contributed by atoms with Crippen molar-refractivity contribution in [3.8, 4) is 0 Å². The van der Waals surface area contributed by atoms with Crippen LogP contribution in [0, 0.1) is 5.92 Å². The second-order valence-electron chi connectivity index (χ2n) is 4.76. The zero-order valence-corrected chi connectivity index (χ0v) is 11.0. The molecule has 1 fully saturated rings. The topological polar surface area (TPSA) is 128 Å². The van der Waals surface area contributed by atoms with Gasteiger partial charge in [-0.2, -0.15) is 0 Å². The number of nitrogens with one attached hydrogen (secondary N) is 3. The maximum Gasteiger partial charge on any atom is 0.324 e. The van der Waals surface area contributed by atoms with Crippen LogP contribution in [0.4, 0.5) is 5.69 Å². The number of hydrazine groups is 1. The SMILES string of the molecule is O=C(O)CNC1(C(=O)O)CC1C(=O)NNc1ccccc1. The molecule has 1 aliphatic rings. The molecule has 0 spiro atoms. The molecule has 1 aromatic carbocycles.